The first-order valence-electron chi connectivity index (χ1n) is 12.1. The molecule has 1 aliphatic heterocycles. The standard InChI is InChI=1S/C27H25ClN8O2/c1-17-5-4-8-22(27-29-15-23(33-27)20-6-2-3-7-21(20)31-26(38)13-17)32-25(37)12-9-18-14-19(28)10-11-24(18)36-16-30-34-35-36/h2-7,9-12,14-17,22H,8,13H2,1H3,(H,29,33)(H,31,38)(H,32,37)/b5-4?,12-9+/t17?,22-/m0/s1. The summed E-state index contributed by atoms with van der Waals surface area (Å²) in [7, 11) is 0. The molecule has 2 amide bonds. The molecule has 0 fully saturated rings. The summed E-state index contributed by atoms with van der Waals surface area (Å²) in [4.78, 5) is 33.5. The number of aromatic nitrogens is 6. The van der Waals surface area contributed by atoms with E-state index in [1.165, 1.54) is 17.1 Å². The van der Waals surface area contributed by atoms with Crippen molar-refractivity contribution in [2.75, 3.05) is 5.32 Å². The van der Waals surface area contributed by atoms with E-state index in [1.807, 2.05) is 43.3 Å². The van der Waals surface area contributed by atoms with Crippen molar-refractivity contribution in [3.8, 4) is 16.9 Å². The molecule has 2 atom stereocenters. The number of nitrogens with one attached hydrogen (secondary N) is 3. The summed E-state index contributed by atoms with van der Waals surface area (Å²) >= 11 is 6.19. The first-order valence-corrected chi connectivity index (χ1v) is 12.5. The molecule has 3 N–H and O–H groups in total. The lowest BCUT2D eigenvalue weighted by atomic mass is 10.0. The second kappa shape index (κ2) is 11.2. The quantitative estimate of drug-likeness (QED) is 0.264. The van der Waals surface area contributed by atoms with Gasteiger partial charge in [0.1, 0.15) is 12.2 Å². The molecule has 4 aromatic rings. The molecular formula is C27H25ClN8O2. The Morgan fingerprint density at radius 2 is 2.11 bits per heavy atom. The zero-order valence-electron chi connectivity index (χ0n) is 20.5. The number of nitrogens with zero attached hydrogens (tertiary/aromatic N) is 5. The molecule has 1 aliphatic rings. The van der Waals surface area contributed by atoms with Gasteiger partial charge in [-0.15, -0.1) is 5.10 Å². The largest absolute Gasteiger partial charge is 0.342 e. The topological polar surface area (TPSA) is 130 Å². The molecule has 0 radical (unpaired) electrons. The number of carbonyl (C=O) groups excluding carboxylic acids is 2. The molecule has 10 nitrogen and oxygen atoms in total. The number of hydrogen-bond acceptors (Lipinski definition) is 6. The van der Waals surface area contributed by atoms with Gasteiger partial charge in [0, 0.05) is 28.6 Å². The Balaban J connectivity index is 1.41. The summed E-state index contributed by atoms with van der Waals surface area (Å²) in [5.41, 5.74) is 3.62. The van der Waals surface area contributed by atoms with E-state index >= 15 is 0 Å². The van der Waals surface area contributed by atoms with E-state index in [4.69, 9.17) is 11.6 Å². The van der Waals surface area contributed by atoms with Crippen LogP contribution in [-0.4, -0.2) is 42.0 Å². The van der Waals surface area contributed by atoms with Crippen LogP contribution in [0.2, 0.25) is 5.02 Å². The maximum Gasteiger partial charge on any atom is 0.244 e. The average molecular weight is 529 g/mol. The summed E-state index contributed by atoms with van der Waals surface area (Å²) in [5.74, 6) is 0.263. The van der Waals surface area contributed by atoms with Gasteiger partial charge in [-0.2, -0.15) is 4.68 Å². The summed E-state index contributed by atoms with van der Waals surface area (Å²) in [6.45, 7) is 1.98. The Morgan fingerprint density at radius 3 is 2.95 bits per heavy atom. The van der Waals surface area contributed by atoms with Gasteiger partial charge >= 0.3 is 0 Å². The van der Waals surface area contributed by atoms with Gasteiger partial charge in [-0.25, -0.2) is 4.98 Å². The third kappa shape index (κ3) is 5.87. The highest BCUT2D eigenvalue weighted by atomic mass is 35.5. The molecule has 0 aliphatic carbocycles. The number of amides is 2. The van der Waals surface area contributed by atoms with Gasteiger partial charge in [0.2, 0.25) is 11.8 Å². The number of carbonyl (C=O) groups is 2. The number of fused-ring (bicyclic) bond motifs is 4. The number of H-pyrrole nitrogens is 1. The minimum Gasteiger partial charge on any atom is -0.342 e. The highest BCUT2D eigenvalue weighted by Crippen LogP contribution is 2.29. The molecular weight excluding hydrogens is 504 g/mol. The zero-order chi connectivity index (χ0) is 26.5. The first-order chi connectivity index (χ1) is 18.5. The van der Waals surface area contributed by atoms with Crippen LogP contribution in [0.15, 0.2) is 73.2 Å². The molecule has 2 aromatic carbocycles. The minimum atomic E-state index is -0.417. The SMILES string of the molecule is CC1C=CC[C@H](NC(=O)/C=C/c2cc(Cl)ccc2-n2cnnn2)c2ncc([nH]2)-c2ccccc2NC(=O)C1. The number of halogens is 1. The van der Waals surface area contributed by atoms with Gasteiger partial charge in [0.05, 0.1) is 29.3 Å². The number of benzene rings is 2. The van der Waals surface area contributed by atoms with E-state index in [0.29, 0.717) is 40.6 Å². The van der Waals surface area contributed by atoms with Gasteiger partial charge in [0.25, 0.3) is 0 Å². The number of hydrogen-bond donors (Lipinski definition) is 3. The number of para-hydroxylation sites is 1. The summed E-state index contributed by atoms with van der Waals surface area (Å²) < 4.78 is 1.50. The van der Waals surface area contributed by atoms with Crippen molar-refractivity contribution in [3.63, 3.8) is 0 Å². The Bertz CT molecular complexity index is 1510. The maximum atomic E-state index is 13.0. The Labute approximate surface area is 223 Å². The smallest absolute Gasteiger partial charge is 0.244 e. The first kappa shape index (κ1) is 25.1. The normalized spacial score (nSPS) is 17.7. The monoisotopic (exact) mass is 528 g/mol. The van der Waals surface area contributed by atoms with Crippen LogP contribution in [0.25, 0.3) is 23.0 Å². The molecule has 2 aromatic heterocycles. The number of anilines is 1. The third-order valence-electron chi connectivity index (χ3n) is 6.08. The van der Waals surface area contributed by atoms with Gasteiger partial charge in [0.15, 0.2) is 0 Å². The fourth-order valence-corrected chi connectivity index (χ4v) is 4.43. The van der Waals surface area contributed by atoms with Crippen LogP contribution in [0.4, 0.5) is 5.69 Å². The molecule has 5 rings (SSSR count). The number of rotatable bonds is 4. The molecule has 1 unspecified atom stereocenters. The van der Waals surface area contributed by atoms with Crippen molar-refractivity contribution in [2.24, 2.45) is 5.92 Å². The van der Waals surface area contributed by atoms with Crippen LogP contribution in [0.1, 0.15) is 37.2 Å². The number of aromatic amines is 1. The predicted octanol–water partition coefficient (Wildman–Crippen LogP) is 4.50. The number of tetrazole rings is 1. The van der Waals surface area contributed by atoms with E-state index in [2.05, 4.69) is 36.1 Å². The maximum absolute atomic E-state index is 13.0. The number of allylic oxidation sites excluding steroid dienone is 1. The van der Waals surface area contributed by atoms with E-state index in [0.717, 1.165) is 11.3 Å². The molecule has 38 heavy (non-hydrogen) atoms. The van der Waals surface area contributed by atoms with Crippen molar-refractivity contribution in [2.45, 2.75) is 25.8 Å². The van der Waals surface area contributed by atoms with Crippen molar-refractivity contribution >= 4 is 35.2 Å². The summed E-state index contributed by atoms with van der Waals surface area (Å²) in [6, 6.07) is 12.4. The fourth-order valence-electron chi connectivity index (χ4n) is 4.25. The second-order valence-electron chi connectivity index (χ2n) is 8.97. The van der Waals surface area contributed by atoms with Crippen LogP contribution in [0.5, 0.6) is 0 Å². The van der Waals surface area contributed by atoms with Gasteiger partial charge in [-0.05, 0) is 53.1 Å². The molecule has 0 saturated heterocycles. The Kier molecular flexibility index (Phi) is 7.41. The van der Waals surface area contributed by atoms with Crippen LogP contribution in [0, 0.1) is 5.92 Å². The van der Waals surface area contributed by atoms with Crippen LogP contribution >= 0.6 is 11.6 Å². The lowest BCUT2D eigenvalue weighted by Gasteiger charge is -2.14. The molecule has 0 saturated carbocycles. The van der Waals surface area contributed by atoms with Crippen molar-refractivity contribution < 1.29 is 9.59 Å². The summed E-state index contributed by atoms with van der Waals surface area (Å²) in [5, 5.41) is 17.8. The molecule has 192 valence electrons. The lowest BCUT2D eigenvalue weighted by molar-refractivity contribution is -0.117. The summed E-state index contributed by atoms with van der Waals surface area (Å²) in [6.07, 6.45) is 11.1. The second-order valence-corrected chi connectivity index (χ2v) is 9.41. The average Bonchev–Trinajstić information content (AvgIpc) is 3.60. The van der Waals surface area contributed by atoms with Gasteiger partial charge in [-0.1, -0.05) is 48.9 Å². The molecule has 2 bridgehead atoms. The highest BCUT2D eigenvalue weighted by Gasteiger charge is 2.19. The van der Waals surface area contributed by atoms with Gasteiger partial charge in [-0.3, -0.25) is 9.59 Å². The van der Waals surface area contributed by atoms with Crippen LogP contribution in [0.3, 0.4) is 0 Å². The fraction of sp³-hybridized carbons (Fsp3) is 0.185. The van der Waals surface area contributed by atoms with Crippen molar-refractivity contribution in [3.05, 3.63) is 89.6 Å². The van der Waals surface area contributed by atoms with Crippen LogP contribution < -0.4 is 10.6 Å². The zero-order valence-corrected chi connectivity index (χ0v) is 21.3. The predicted molar refractivity (Wildman–Crippen MR) is 144 cm³/mol. The lowest BCUT2D eigenvalue weighted by Crippen LogP contribution is -2.27. The van der Waals surface area contributed by atoms with Crippen LogP contribution in [-0.2, 0) is 9.59 Å². The van der Waals surface area contributed by atoms with E-state index in [9.17, 15) is 9.59 Å². The Hall–Kier alpha value is -4.57. The van der Waals surface area contributed by atoms with Crippen molar-refractivity contribution in [1.29, 1.82) is 0 Å². The van der Waals surface area contributed by atoms with Crippen molar-refractivity contribution in [1.82, 2.24) is 35.5 Å². The molecule has 0 spiro atoms. The minimum absolute atomic E-state index is 0.0259. The number of imidazole rings is 1. The van der Waals surface area contributed by atoms with Gasteiger partial charge < -0.3 is 15.6 Å². The highest BCUT2D eigenvalue weighted by molar-refractivity contribution is 6.30. The van der Waals surface area contributed by atoms with E-state index in [1.54, 1.807) is 30.5 Å². The Morgan fingerprint density at radius 1 is 1.24 bits per heavy atom. The molecule has 11 heteroatoms. The van der Waals surface area contributed by atoms with E-state index in [-0.39, 0.29) is 17.7 Å². The third-order valence-corrected chi connectivity index (χ3v) is 6.31. The molecule has 3 heterocycles. The van der Waals surface area contributed by atoms with E-state index < -0.39 is 6.04 Å².